The van der Waals surface area contributed by atoms with Crippen LogP contribution in [-0.4, -0.2) is 28.0 Å². The standard InChI is InChI=1S/C16H13N3O4S/c1-9-3-4-10(6-14(9)19(21)22)15-18-13(8-24-15)11-5-12(17-7-11)16(20)23-2/h3-8,17H,1-2H3. The van der Waals surface area contributed by atoms with Gasteiger partial charge in [-0.25, -0.2) is 9.78 Å². The van der Waals surface area contributed by atoms with E-state index in [9.17, 15) is 14.9 Å². The van der Waals surface area contributed by atoms with E-state index < -0.39 is 10.9 Å². The van der Waals surface area contributed by atoms with E-state index in [1.807, 2.05) is 11.4 Å². The van der Waals surface area contributed by atoms with E-state index in [-0.39, 0.29) is 5.69 Å². The molecule has 1 N–H and O–H groups in total. The van der Waals surface area contributed by atoms with Crippen LogP contribution in [0.25, 0.3) is 21.8 Å². The number of aryl methyl sites for hydroxylation is 1. The molecule has 0 aliphatic heterocycles. The summed E-state index contributed by atoms with van der Waals surface area (Å²) < 4.78 is 4.65. The smallest absolute Gasteiger partial charge is 0.354 e. The van der Waals surface area contributed by atoms with Gasteiger partial charge in [-0.05, 0) is 13.0 Å². The van der Waals surface area contributed by atoms with Gasteiger partial charge >= 0.3 is 5.97 Å². The SMILES string of the molecule is COC(=O)c1cc(-c2csc(-c3ccc(C)c([N+](=O)[O-])c3)n2)c[nH]1. The van der Waals surface area contributed by atoms with Crippen molar-refractivity contribution in [2.45, 2.75) is 6.92 Å². The molecule has 0 unspecified atom stereocenters. The summed E-state index contributed by atoms with van der Waals surface area (Å²) in [5, 5.41) is 13.6. The van der Waals surface area contributed by atoms with E-state index >= 15 is 0 Å². The van der Waals surface area contributed by atoms with Crippen molar-refractivity contribution < 1.29 is 14.5 Å². The molecule has 8 heteroatoms. The molecule has 0 fully saturated rings. The first-order valence-electron chi connectivity index (χ1n) is 6.97. The Bertz CT molecular complexity index is 929. The Morgan fingerprint density at radius 3 is 2.83 bits per heavy atom. The Balaban J connectivity index is 1.94. The topological polar surface area (TPSA) is 98.1 Å². The van der Waals surface area contributed by atoms with E-state index in [4.69, 9.17) is 0 Å². The quantitative estimate of drug-likeness (QED) is 0.441. The highest BCUT2D eigenvalue weighted by Crippen LogP contribution is 2.32. The molecule has 0 amide bonds. The highest BCUT2D eigenvalue weighted by molar-refractivity contribution is 7.13. The number of nitrogens with zero attached hydrogens (tertiary/aromatic N) is 2. The molecule has 2 heterocycles. The van der Waals surface area contributed by atoms with Crippen molar-refractivity contribution in [2.24, 2.45) is 0 Å². The Morgan fingerprint density at radius 2 is 2.12 bits per heavy atom. The molecule has 0 aliphatic rings. The summed E-state index contributed by atoms with van der Waals surface area (Å²) in [6.45, 7) is 1.70. The molecule has 0 radical (unpaired) electrons. The van der Waals surface area contributed by atoms with Gasteiger partial charge < -0.3 is 9.72 Å². The number of thiazole rings is 1. The number of benzene rings is 1. The lowest BCUT2D eigenvalue weighted by Crippen LogP contribution is -2.00. The minimum absolute atomic E-state index is 0.0684. The van der Waals surface area contributed by atoms with Gasteiger partial charge in [-0.2, -0.15) is 0 Å². The third-order valence-corrected chi connectivity index (χ3v) is 4.43. The molecule has 0 saturated heterocycles. The van der Waals surface area contributed by atoms with Crippen molar-refractivity contribution in [3.63, 3.8) is 0 Å². The summed E-state index contributed by atoms with van der Waals surface area (Å²) in [5.74, 6) is -0.453. The molecule has 24 heavy (non-hydrogen) atoms. The Labute approximate surface area is 141 Å². The Hall–Kier alpha value is -3.00. The normalized spacial score (nSPS) is 10.6. The van der Waals surface area contributed by atoms with Gasteiger partial charge in [0, 0.05) is 34.3 Å². The van der Waals surface area contributed by atoms with E-state index in [1.165, 1.54) is 24.5 Å². The van der Waals surface area contributed by atoms with Crippen LogP contribution in [0, 0.1) is 17.0 Å². The minimum Gasteiger partial charge on any atom is -0.464 e. The largest absolute Gasteiger partial charge is 0.464 e. The highest BCUT2D eigenvalue weighted by Gasteiger charge is 2.15. The van der Waals surface area contributed by atoms with E-state index in [0.29, 0.717) is 27.5 Å². The van der Waals surface area contributed by atoms with Crippen LogP contribution in [0.15, 0.2) is 35.8 Å². The van der Waals surface area contributed by atoms with E-state index in [0.717, 1.165) is 5.56 Å². The first-order chi connectivity index (χ1) is 11.5. The van der Waals surface area contributed by atoms with Gasteiger partial charge in [-0.1, -0.05) is 12.1 Å². The van der Waals surface area contributed by atoms with Crippen LogP contribution in [0.3, 0.4) is 0 Å². The van der Waals surface area contributed by atoms with Gasteiger partial charge in [-0.15, -0.1) is 11.3 Å². The molecule has 0 bridgehead atoms. The van der Waals surface area contributed by atoms with E-state index in [1.54, 1.807) is 25.3 Å². The predicted octanol–water partition coefficient (Wildman–Crippen LogP) is 3.81. The fraction of sp³-hybridized carbons (Fsp3) is 0.125. The van der Waals surface area contributed by atoms with Crippen LogP contribution in [0.1, 0.15) is 16.1 Å². The molecular weight excluding hydrogens is 330 g/mol. The van der Waals surface area contributed by atoms with Crippen LogP contribution in [-0.2, 0) is 4.74 Å². The number of nitro groups is 1. The maximum Gasteiger partial charge on any atom is 0.354 e. The molecule has 1 aromatic carbocycles. The number of H-pyrrole nitrogens is 1. The lowest BCUT2D eigenvalue weighted by atomic mass is 10.1. The summed E-state index contributed by atoms with van der Waals surface area (Å²) in [5.41, 5.74) is 3.14. The predicted molar refractivity (Wildman–Crippen MR) is 90.1 cm³/mol. The summed E-state index contributed by atoms with van der Waals surface area (Å²) in [6.07, 6.45) is 1.67. The van der Waals surface area contributed by atoms with Crippen LogP contribution in [0.2, 0.25) is 0 Å². The first-order valence-corrected chi connectivity index (χ1v) is 7.85. The number of hydrogen-bond donors (Lipinski definition) is 1. The number of esters is 1. The fourth-order valence-electron chi connectivity index (χ4n) is 2.25. The van der Waals surface area contributed by atoms with Crippen molar-refractivity contribution in [3.05, 3.63) is 57.2 Å². The van der Waals surface area contributed by atoms with Gasteiger partial charge in [0.2, 0.25) is 0 Å². The number of methoxy groups -OCH3 is 1. The van der Waals surface area contributed by atoms with Gasteiger partial charge in [0.1, 0.15) is 10.7 Å². The number of aromatic nitrogens is 2. The number of carbonyl (C=O) groups is 1. The van der Waals surface area contributed by atoms with Crippen molar-refractivity contribution in [1.82, 2.24) is 9.97 Å². The van der Waals surface area contributed by atoms with Crippen LogP contribution < -0.4 is 0 Å². The zero-order valence-electron chi connectivity index (χ0n) is 12.9. The Morgan fingerprint density at radius 1 is 1.33 bits per heavy atom. The fourth-order valence-corrected chi connectivity index (χ4v) is 3.07. The molecule has 3 rings (SSSR count). The summed E-state index contributed by atoms with van der Waals surface area (Å²) >= 11 is 1.38. The average molecular weight is 343 g/mol. The summed E-state index contributed by atoms with van der Waals surface area (Å²) in [4.78, 5) is 29.5. The van der Waals surface area contributed by atoms with Crippen molar-refractivity contribution in [3.8, 4) is 21.8 Å². The first kappa shape index (κ1) is 15.9. The number of hydrogen-bond acceptors (Lipinski definition) is 6. The number of aromatic amines is 1. The molecule has 122 valence electrons. The number of carbonyl (C=O) groups excluding carboxylic acids is 1. The number of ether oxygens (including phenoxy) is 1. The van der Waals surface area contributed by atoms with Crippen molar-refractivity contribution >= 4 is 23.0 Å². The van der Waals surface area contributed by atoms with Crippen molar-refractivity contribution in [2.75, 3.05) is 7.11 Å². The zero-order chi connectivity index (χ0) is 17.3. The third-order valence-electron chi connectivity index (χ3n) is 3.54. The van der Waals surface area contributed by atoms with Crippen molar-refractivity contribution in [1.29, 1.82) is 0 Å². The van der Waals surface area contributed by atoms with Gasteiger partial charge in [0.15, 0.2) is 0 Å². The minimum atomic E-state index is -0.453. The summed E-state index contributed by atoms with van der Waals surface area (Å²) in [7, 11) is 1.31. The third kappa shape index (κ3) is 2.91. The molecule has 0 aliphatic carbocycles. The molecular formula is C16H13N3O4S. The second-order valence-electron chi connectivity index (χ2n) is 5.09. The van der Waals surface area contributed by atoms with Gasteiger partial charge in [0.25, 0.3) is 5.69 Å². The Kier molecular flexibility index (Phi) is 4.13. The lowest BCUT2D eigenvalue weighted by molar-refractivity contribution is -0.385. The van der Waals surface area contributed by atoms with Crippen LogP contribution >= 0.6 is 11.3 Å². The number of rotatable bonds is 4. The monoisotopic (exact) mass is 343 g/mol. The lowest BCUT2D eigenvalue weighted by Gasteiger charge is -2.00. The van der Waals surface area contributed by atoms with Gasteiger partial charge in [0.05, 0.1) is 17.7 Å². The van der Waals surface area contributed by atoms with Crippen LogP contribution in [0.4, 0.5) is 5.69 Å². The molecule has 0 spiro atoms. The number of nitrogens with one attached hydrogen (secondary N) is 1. The van der Waals surface area contributed by atoms with Crippen LogP contribution in [0.5, 0.6) is 0 Å². The molecule has 0 saturated carbocycles. The molecule has 0 atom stereocenters. The maximum absolute atomic E-state index is 11.5. The highest BCUT2D eigenvalue weighted by atomic mass is 32.1. The molecule has 7 nitrogen and oxygen atoms in total. The second kappa shape index (κ2) is 6.25. The number of nitro benzene ring substituents is 1. The van der Waals surface area contributed by atoms with E-state index in [2.05, 4.69) is 14.7 Å². The molecule has 2 aromatic heterocycles. The average Bonchev–Trinajstić information content (AvgIpc) is 3.23. The molecule has 3 aromatic rings. The summed E-state index contributed by atoms with van der Waals surface area (Å²) in [6, 6.07) is 6.69. The maximum atomic E-state index is 11.5. The second-order valence-corrected chi connectivity index (χ2v) is 5.95. The zero-order valence-corrected chi connectivity index (χ0v) is 13.7. The van der Waals surface area contributed by atoms with Gasteiger partial charge in [-0.3, -0.25) is 10.1 Å².